The highest BCUT2D eigenvalue weighted by Crippen LogP contribution is 2.08. The van der Waals surface area contributed by atoms with Gasteiger partial charge in [0, 0.05) is 26.2 Å². The van der Waals surface area contributed by atoms with Crippen molar-refractivity contribution in [1.82, 2.24) is 19.7 Å². The van der Waals surface area contributed by atoms with Gasteiger partial charge in [-0.3, -0.25) is 9.48 Å². The zero-order chi connectivity index (χ0) is 12.3. The monoisotopic (exact) mass is 345 g/mol. The first-order valence-corrected chi connectivity index (χ1v) is 6.20. The number of hydrogen-bond donors (Lipinski definition) is 2. The Balaban J connectivity index is 1.94. The summed E-state index contributed by atoms with van der Waals surface area (Å²) in [5.74, 6) is 0.616. The predicted octanol–water partition coefficient (Wildman–Crippen LogP) is 0.763. The summed E-state index contributed by atoms with van der Waals surface area (Å²) in [6, 6.07) is 1.97. The molecule has 0 atom stereocenters. The summed E-state index contributed by atoms with van der Waals surface area (Å²) < 4.78 is 2.34. The van der Waals surface area contributed by atoms with Gasteiger partial charge in [-0.25, -0.2) is 4.98 Å². The average molecular weight is 345 g/mol. The summed E-state index contributed by atoms with van der Waals surface area (Å²) in [5.41, 5.74) is 0.890. The third-order valence-corrected chi connectivity index (χ3v) is 3.24. The van der Waals surface area contributed by atoms with Crippen molar-refractivity contribution in [3.63, 3.8) is 0 Å². The molecule has 0 spiro atoms. The van der Waals surface area contributed by atoms with E-state index in [0.29, 0.717) is 15.9 Å². The topological polar surface area (TPSA) is 75.6 Å². The number of halogens is 1. The molecule has 2 aromatic heterocycles. The van der Waals surface area contributed by atoms with Crippen molar-refractivity contribution in [2.45, 2.75) is 6.42 Å². The molecular weight excluding hydrogens is 333 g/mol. The number of H-pyrrole nitrogens is 1. The lowest BCUT2D eigenvalue weighted by Crippen LogP contribution is -2.16. The molecule has 17 heavy (non-hydrogen) atoms. The fraction of sp³-hybridized carbons (Fsp3) is 0.300. The van der Waals surface area contributed by atoms with Crippen LogP contribution >= 0.6 is 22.6 Å². The molecule has 0 radical (unpaired) electrons. The number of nitrogens with one attached hydrogen (secondary N) is 2. The SMILES string of the molecule is Cn1ccc(CCNc2nc[nH]c(=O)c2I)n1. The molecule has 0 amide bonds. The minimum absolute atomic E-state index is 0.124. The van der Waals surface area contributed by atoms with Gasteiger partial charge in [-0.2, -0.15) is 5.10 Å². The fourth-order valence-corrected chi connectivity index (χ4v) is 1.90. The van der Waals surface area contributed by atoms with E-state index in [9.17, 15) is 4.79 Å². The van der Waals surface area contributed by atoms with Gasteiger partial charge in [0.05, 0.1) is 12.0 Å². The van der Waals surface area contributed by atoms with Crippen LogP contribution in [0.4, 0.5) is 5.82 Å². The third-order valence-electron chi connectivity index (χ3n) is 2.24. The van der Waals surface area contributed by atoms with Gasteiger partial charge in [0.15, 0.2) is 0 Å². The van der Waals surface area contributed by atoms with Gasteiger partial charge in [0.1, 0.15) is 9.39 Å². The van der Waals surface area contributed by atoms with E-state index in [1.54, 1.807) is 4.68 Å². The van der Waals surface area contributed by atoms with Crippen molar-refractivity contribution < 1.29 is 0 Å². The number of anilines is 1. The molecule has 0 bridgehead atoms. The molecular formula is C10H12IN5O. The fourth-order valence-electron chi connectivity index (χ4n) is 1.41. The molecule has 0 aliphatic carbocycles. The Morgan fingerprint density at radius 1 is 1.59 bits per heavy atom. The number of aryl methyl sites for hydroxylation is 1. The van der Waals surface area contributed by atoms with E-state index in [1.165, 1.54) is 6.33 Å². The van der Waals surface area contributed by atoms with Crippen LogP contribution in [0.3, 0.4) is 0 Å². The number of aromatic nitrogens is 4. The van der Waals surface area contributed by atoms with E-state index >= 15 is 0 Å². The lowest BCUT2D eigenvalue weighted by atomic mass is 10.3. The second-order valence-corrected chi connectivity index (χ2v) is 4.63. The molecule has 90 valence electrons. The van der Waals surface area contributed by atoms with Gasteiger partial charge in [0.25, 0.3) is 5.56 Å². The van der Waals surface area contributed by atoms with E-state index in [1.807, 2.05) is 41.9 Å². The Morgan fingerprint density at radius 2 is 2.41 bits per heavy atom. The zero-order valence-electron chi connectivity index (χ0n) is 9.27. The van der Waals surface area contributed by atoms with Crippen LogP contribution in [0.15, 0.2) is 23.4 Å². The standard InChI is InChI=1S/C10H12IN5O/c1-16-5-3-7(15-16)2-4-12-9-8(11)10(17)14-6-13-9/h3,5-6H,2,4H2,1H3,(H2,12,13,14,17). The number of aromatic amines is 1. The van der Waals surface area contributed by atoms with Crippen molar-refractivity contribution in [3.8, 4) is 0 Å². The quantitative estimate of drug-likeness (QED) is 0.803. The zero-order valence-corrected chi connectivity index (χ0v) is 11.4. The third kappa shape index (κ3) is 3.05. The van der Waals surface area contributed by atoms with Crippen LogP contribution in [-0.2, 0) is 13.5 Å². The minimum atomic E-state index is -0.124. The molecule has 6 nitrogen and oxygen atoms in total. The molecule has 2 rings (SSSR count). The van der Waals surface area contributed by atoms with Crippen LogP contribution in [0.5, 0.6) is 0 Å². The highest BCUT2D eigenvalue weighted by molar-refractivity contribution is 14.1. The number of rotatable bonds is 4. The van der Waals surface area contributed by atoms with Crippen LogP contribution in [0, 0.1) is 3.57 Å². The maximum Gasteiger partial charge on any atom is 0.266 e. The summed E-state index contributed by atoms with van der Waals surface area (Å²) in [5, 5.41) is 7.39. The van der Waals surface area contributed by atoms with Crippen molar-refractivity contribution >= 4 is 28.4 Å². The molecule has 0 unspecified atom stereocenters. The second kappa shape index (κ2) is 5.30. The van der Waals surface area contributed by atoms with Crippen LogP contribution in [-0.4, -0.2) is 26.3 Å². The van der Waals surface area contributed by atoms with Gasteiger partial charge in [-0.05, 0) is 28.7 Å². The van der Waals surface area contributed by atoms with Crippen molar-refractivity contribution in [2.24, 2.45) is 7.05 Å². The van der Waals surface area contributed by atoms with Gasteiger partial charge in [-0.15, -0.1) is 0 Å². The van der Waals surface area contributed by atoms with Crippen molar-refractivity contribution in [2.75, 3.05) is 11.9 Å². The summed E-state index contributed by atoms with van der Waals surface area (Å²) in [7, 11) is 1.89. The van der Waals surface area contributed by atoms with Gasteiger partial charge in [-0.1, -0.05) is 0 Å². The lowest BCUT2D eigenvalue weighted by molar-refractivity contribution is 0.741. The number of hydrogen-bond acceptors (Lipinski definition) is 4. The highest BCUT2D eigenvalue weighted by atomic mass is 127. The first kappa shape index (κ1) is 12.1. The predicted molar refractivity (Wildman–Crippen MR) is 73.0 cm³/mol. The summed E-state index contributed by atoms with van der Waals surface area (Å²) >= 11 is 1.97. The van der Waals surface area contributed by atoms with E-state index in [0.717, 1.165) is 12.1 Å². The van der Waals surface area contributed by atoms with Gasteiger partial charge < -0.3 is 10.3 Å². The molecule has 0 aromatic carbocycles. The summed E-state index contributed by atoms with van der Waals surface area (Å²) in [6.07, 6.45) is 4.10. The Kier molecular flexibility index (Phi) is 3.77. The Labute approximate surface area is 112 Å². The number of nitrogens with zero attached hydrogens (tertiary/aromatic N) is 3. The average Bonchev–Trinajstić information content (AvgIpc) is 2.70. The van der Waals surface area contributed by atoms with Crippen LogP contribution in [0.1, 0.15) is 5.69 Å². The Hall–Kier alpha value is -1.38. The van der Waals surface area contributed by atoms with Crippen LogP contribution < -0.4 is 10.9 Å². The second-order valence-electron chi connectivity index (χ2n) is 3.55. The first-order chi connectivity index (χ1) is 8.16. The smallest absolute Gasteiger partial charge is 0.266 e. The molecule has 2 heterocycles. The van der Waals surface area contributed by atoms with Crippen LogP contribution in [0.2, 0.25) is 0 Å². The van der Waals surface area contributed by atoms with E-state index < -0.39 is 0 Å². The van der Waals surface area contributed by atoms with E-state index in [-0.39, 0.29) is 5.56 Å². The molecule has 0 aliphatic heterocycles. The first-order valence-electron chi connectivity index (χ1n) is 5.12. The molecule has 2 N–H and O–H groups in total. The van der Waals surface area contributed by atoms with E-state index in [2.05, 4.69) is 20.4 Å². The molecule has 0 saturated carbocycles. The maximum atomic E-state index is 11.3. The van der Waals surface area contributed by atoms with Crippen molar-refractivity contribution in [1.29, 1.82) is 0 Å². The maximum absolute atomic E-state index is 11.3. The summed E-state index contributed by atoms with van der Waals surface area (Å²) in [4.78, 5) is 17.9. The molecule has 0 aliphatic rings. The van der Waals surface area contributed by atoms with Gasteiger partial charge >= 0.3 is 0 Å². The largest absolute Gasteiger partial charge is 0.369 e. The minimum Gasteiger partial charge on any atom is -0.369 e. The Bertz CT molecular complexity index is 562. The Morgan fingerprint density at radius 3 is 3.12 bits per heavy atom. The van der Waals surface area contributed by atoms with E-state index in [4.69, 9.17) is 0 Å². The van der Waals surface area contributed by atoms with Crippen molar-refractivity contribution in [3.05, 3.63) is 38.2 Å². The molecule has 0 saturated heterocycles. The highest BCUT2D eigenvalue weighted by Gasteiger charge is 2.04. The molecule has 2 aromatic rings. The summed E-state index contributed by atoms with van der Waals surface area (Å²) in [6.45, 7) is 0.698. The molecule has 7 heteroatoms. The van der Waals surface area contributed by atoms with Crippen LogP contribution in [0.25, 0.3) is 0 Å². The van der Waals surface area contributed by atoms with Gasteiger partial charge in [0.2, 0.25) is 0 Å². The molecule has 0 fully saturated rings. The lowest BCUT2D eigenvalue weighted by Gasteiger charge is -2.04. The normalized spacial score (nSPS) is 10.5.